The summed E-state index contributed by atoms with van der Waals surface area (Å²) in [5.74, 6) is -1.47. The number of carbonyl (C=O) groups is 2. The van der Waals surface area contributed by atoms with Crippen molar-refractivity contribution < 1.29 is 28.9 Å². The molecule has 0 heterocycles. The van der Waals surface area contributed by atoms with Gasteiger partial charge in [-0.3, -0.25) is 20.2 Å². The van der Waals surface area contributed by atoms with E-state index in [-0.39, 0.29) is 34.0 Å². The fourth-order valence-electron chi connectivity index (χ4n) is 3.00. The quantitative estimate of drug-likeness (QED) is 0.224. The van der Waals surface area contributed by atoms with Crippen LogP contribution in [-0.2, 0) is 0 Å². The summed E-state index contributed by atoms with van der Waals surface area (Å²) in [4.78, 5) is 46.1. The lowest BCUT2D eigenvalue weighted by atomic mass is 10.1. The summed E-state index contributed by atoms with van der Waals surface area (Å²) in [6.07, 6.45) is 0. The third kappa shape index (κ3) is 5.01. The number of esters is 2. The number of nitro groups is 2. The van der Waals surface area contributed by atoms with Crippen LogP contribution < -0.4 is 9.47 Å². The second-order valence-electron chi connectivity index (χ2n) is 7.18. The van der Waals surface area contributed by atoms with Crippen LogP contribution in [0, 0.1) is 41.0 Å². The van der Waals surface area contributed by atoms with Crippen molar-refractivity contribution in [1.82, 2.24) is 0 Å². The lowest BCUT2D eigenvalue weighted by Gasteiger charge is -2.12. The van der Waals surface area contributed by atoms with Crippen molar-refractivity contribution in [2.24, 2.45) is 0 Å². The minimum absolute atomic E-state index is 0.0129. The first-order chi connectivity index (χ1) is 15.6. The lowest BCUT2D eigenvalue weighted by molar-refractivity contribution is -0.385. The maximum Gasteiger partial charge on any atom is 0.343 e. The molecule has 0 radical (unpaired) electrons. The van der Waals surface area contributed by atoms with Crippen molar-refractivity contribution in [2.45, 2.75) is 20.8 Å². The van der Waals surface area contributed by atoms with E-state index in [0.717, 1.165) is 12.1 Å². The summed E-state index contributed by atoms with van der Waals surface area (Å²) >= 11 is 0. The number of nitro benzene ring substituents is 2. The molecular weight excluding hydrogens is 432 g/mol. The summed E-state index contributed by atoms with van der Waals surface area (Å²) < 4.78 is 10.7. The number of benzene rings is 3. The summed E-state index contributed by atoms with van der Waals surface area (Å²) in [5, 5.41) is 22.2. The Morgan fingerprint density at radius 1 is 0.697 bits per heavy atom. The Hall–Kier alpha value is -4.60. The molecule has 0 atom stereocenters. The Labute approximate surface area is 187 Å². The van der Waals surface area contributed by atoms with Crippen LogP contribution in [0.2, 0.25) is 0 Å². The number of ether oxygens (including phenoxy) is 2. The van der Waals surface area contributed by atoms with Gasteiger partial charge in [-0.1, -0.05) is 18.2 Å². The van der Waals surface area contributed by atoms with Crippen LogP contribution in [0.3, 0.4) is 0 Å². The van der Waals surface area contributed by atoms with Crippen molar-refractivity contribution in [2.75, 3.05) is 0 Å². The van der Waals surface area contributed by atoms with Gasteiger partial charge in [0.1, 0.15) is 11.5 Å². The zero-order valence-electron chi connectivity index (χ0n) is 17.9. The Balaban J connectivity index is 1.83. The van der Waals surface area contributed by atoms with Crippen molar-refractivity contribution in [3.05, 3.63) is 103 Å². The molecule has 0 aliphatic heterocycles. The number of rotatable bonds is 6. The molecule has 0 aliphatic rings. The van der Waals surface area contributed by atoms with Gasteiger partial charge in [-0.15, -0.1) is 0 Å². The predicted octanol–water partition coefficient (Wildman–Crippen LogP) is 4.87. The molecule has 0 fully saturated rings. The molecule has 3 aromatic rings. The average Bonchev–Trinajstić information content (AvgIpc) is 2.76. The highest BCUT2D eigenvalue weighted by Gasteiger charge is 2.20. The molecule has 168 valence electrons. The molecule has 0 bridgehead atoms. The molecule has 33 heavy (non-hydrogen) atoms. The highest BCUT2D eigenvalue weighted by Crippen LogP contribution is 2.30. The first-order valence-corrected chi connectivity index (χ1v) is 9.62. The van der Waals surface area contributed by atoms with E-state index >= 15 is 0 Å². The topological polar surface area (TPSA) is 139 Å². The number of hydrogen-bond acceptors (Lipinski definition) is 8. The molecule has 0 aromatic heterocycles. The minimum Gasteiger partial charge on any atom is -0.423 e. The fourth-order valence-corrected chi connectivity index (χ4v) is 3.00. The fraction of sp³-hybridized carbons (Fsp3) is 0.130. The van der Waals surface area contributed by atoms with E-state index in [1.54, 1.807) is 20.8 Å². The Kier molecular flexibility index (Phi) is 6.48. The van der Waals surface area contributed by atoms with Crippen LogP contribution in [0.25, 0.3) is 0 Å². The Bertz CT molecular complexity index is 1200. The Morgan fingerprint density at radius 2 is 1.09 bits per heavy atom. The summed E-state index contributed by atoms with van der Waals surface area (Å²) in [5.41, 5.74) is 0.674. The van der Waals surface area contributed by atoms with Gasteiger partial charge < -0.3 is 9.47 Å². The van der Waals surface area contributed by atoms with E-state index in [1.807, 2.05) is 0 Å². The minimum atomic E-state index is -0.821. The monoisotopic (exact) mass is 450 g/mol. The van der Waals surface area contributed by atoms with Crippen LogP contribution in [0.1, 0.15) is 37.4 Å². The molecule has 3 aromatic carbocycles. The molecule has 10 heteroatoms. The molecule has 0 unspecified atom stereocenters. The average molecular weight is 450 g/mol. The van der Waals surface area contributed by atoms with E-state index in [0.29, 0.717) is 16.7 Å². The van der Waals surface area contributed by atoms with Crippen LogP contribution in [0.4, 0.5) is 11.4 Å². The van der Waals surface area contributed by atoms with Gasteiger partial charge in [0.15, 0.2) is 0 Å². The van der Waals surface area contributed by atoms with Crippen LogP contribution in [0.5, 0.6) is 11.5 Å². The first kappa shape index (κ1) is 23.1. The second kappa shape index (κ2) is 9.27. The van der Waals surface area contributed by atoms with Crippen LogP contribution in [0.15, 0.2) is 54.6 Å². The molecule has 10 nitrogen and oxygen atoms in total. The molecular formula is C23H18N2O8. The zero-order chi connectivity index (χ0) is 24.3. The smallest absolute Gasteiger partial charge is 0.343 e. The van der Waals surface area contributed by atoms with Crippen molar-refractivity contribution in [3.8, 4) is 11.5 Å². The molecule has 0 saturated heterocycles. The maximum atomic E-state index is 12.5. The third-order valence-corrected chi connectivity index (χ3v) is 4.92. The molecule has 0 spiro atoms. The highest BCUT2D eigenvalue weighted by molar-refractivity contribution is 5.93. The van der Waals surface area contributed by atoms with Gasteiger partial charge in [0.2, 0.25) is 0 Å². The van der Waals surface area contributed by atoms with Gasteiger partial charge in [0.25, 0.3) is 11.4 Å². The van der Waals surface area contributed by atoms with Crippen molar-refractivity contribution in [3.63, 3.8) is 0 Å². The molecule has 0 aliphatic carbocycles. The van der Waals surface area contributed by atoms with Crippen molar-refractivity contribution >= 4 is 23.3 Å². The largest absolute Gasteiger partial charge is 0.423 e. The van der Waals surface area contributed by atoms with Gasteiger partial charge in [0, 0.05) is 28.8 Å². The molecule has 0 saturated carbocycles. The first-order valence-electron chi connectivity index (χ1n) is 9.62. The van der Waals surface area contributed by atoms with E-state index in [4.69, 9.17) is 9.47 Å². The van der Waals surface area contributed by atoms with Gasteiger partial charge in [-0.05, 0) is 45.0 Å². The molecule has 3 rings (SSSR count). The number of hydrogen-bond donors (Lipinski definition) is 0. The lowest BCUT2D eigenvalue weighted by Crippen LogP contribution is -2.12. The normalized spacial score (nSPS) is 10.4. The van der Waals surface area contributed by atoms with Gasteiger partial charge >= 0.3 is 11.9 Å². The summed E-state index contributed by atoms with van der Waals surface area (Å²) in [6.45, 7) is 4.66. The van der Waals surface area contributed by atoms with Gasteiger partial charge in [0.05, 0.1) is 21.0 Å². The Morgan fingerprint density at radius 3 is 1.45 bits per heavy atom. The summed E-state index contributed by atoms with van der Waals surface area (Å²) in [7, 11) is 0. The van der Waals surface area contributed by atoms with E-state index in [2.05, 4.69) is 0 Å². The maximum absolute atomic E-state index is 12.5. The van der Waals surface area contributed by atoms with E-state index in [1.165, 1.54) is 42.5 Å². The number of aryl methyl sites for hydroxylation is 2. The SMILES string of the molecule is Cc1ccc(C(=O)Oc2cccc(OC(=O)c3ccc(C)c([N+](=O)[O-])c3)c2C)cc1[N+](=O)[O-]. The molecule has 0 N–H and O–H groups in total. The summed E-state index contributed by atoms with van der Waals surface area (Å²) in [6, 6.07) is 12.4. The van der Waals surface area contributed by atoms with Crippen LogP contribution >= 0.6 is 0 Å². The second-order valence-corrected chi connectivity index (χ2v) is 7.18. The van der Waals surface area contributed by atoms with Crippen molar-refractivity contribution in [1.29, 1.82) is 0 Å². The number of nitrogens with zero attached hydrogens (tertiary/aromatic N) is 2. The standard InChI is InChI=1S/C23H18N2O8/c1-13-7-9-16(11-18(13)24(28)29)22(26)32-20-5-4-6-21(15(20)3)33-23(27)17-10-8-14(2)19(12-17)25(30)31/h4-12H,1-3H3. The third-order valence-electron chi connectivity index (χ3n) is 4.92. The van der Waals surface area contributed by atoms with Gasteiger partial charge in [-0.2, -0.15) is 0 Å². The van der Waals surface area contributed by atoms with Crippen LogP contribution in [-0.4, -0.2) is 21.8 Å². The van der Waals surface area contributed by atoms with E-state index in [9.17, 15) is 29.8 Å². The zero-order valence-corrected chi connectivity index (χ0v) is 17.9. The predicted molar refractivity (Wildman–Crippen MR) is 117 cm³/mol. The molecule has 0 amide bonds. The number of carbonyl (C=O) groups excluding carboxylic acids is 2. The van der Waals surface area contributed by atoms with Gasteiger partial charge in [-0.25, -0.2) is 9.59 Å². The van der Waals surface area contributed by atoms with E-state index < -0.39 is 21.8 Å². The highest BCUT2D eigenvalue weighted by atomic mass is 16.6.